The second-order valence-electron chi connectivity index (χ2n) is 4.27. The van der Waals surface area contributed by atoms with Crippen LogP contribution < -0.4 is 0 Å². The van der Waals surface area contributed by atoms with E-state index < -0.39 is 0 Å². The molecule has 0 atom stereocenters. The van der Waals surface area contributed by atoms with E-state index in [0.717, 1.165) is 22.3 Å². The monoisotopic (exact) mass is 249 g/mol. The van der Waals surface area contributed by atoms with Gasteiger partial charge in [-0.2, -0.15) is 0 Å². The molecule has 0 amide bonds. The summed E-state index contributed by atoms with van der Waals surface area (Å²) in [5.41, 5.74) is 1.62. The van der Waals surface area contributed by atoms with Gasteiger partial charge in [-0.3, -0.25) is 0 Å². The summed E-state index contributed by atoms with van der Waals surface area (Å²) in [4.78, 5) is 0. The first kappa shape index (κ1) is 11.5. The maximum atomic E-state index is 9.68. The fourth-order valence-corrected chi connectivity index (χ4v) is 1.93. The van der Waals surface area contributed by atoms with Crippen LogP contribution in [0, 0.1) is 0 Å². The van der Waals surface area contributed by atoms with Gasteiger partial charge in [-0.1, -0.05) is 30.3 Å². The highest BCUT2D eigenvalue weighted by Crippen LogP contribution is 2.20. The van der Waals surface area contributed by atoms with Crippen molar-refractivity contribution in [2.45, 2.75) is 0 Å². The molecular weight excluding hydrogens is 236 g/mol. The smallest absolute Gasteiger partial charge is 0.360 e. The average Bonchev–Trinajstić information content (AvgIpc) is 2.46. The summed E-state index contributed by atoms with van der Waals surface area (Å²) in [5.74, 6) is 1.02. The quantitative estimate of drug-likeness (QED) is 0.673. The van der Waals surface area contributed by atoms with Gasteiger partial charge in [0.25, 0.3) is 0 Å². The van der Waals surface area contributed by atoms with E-state index in [1.807, 2.05) is 60.7 Å². The number of hydrogen-bond acceptors (Lipinski definition) is 1. The molecule has 0 saturated carbocycles. The molecule has 2 aromatic carbocycles. The van der Waals surface area contributed by atoms with Crippen molar-refractivity contribution >= 4 is 23.1 Å². The van der Waals surface area contributed by atoms with Crippen LogP contribution in [0.5, 0.6) is 5.75 Å². The summed E-state index contributed by atoms with van der Waals surface area (Å²) in [6.07, 6.45) is 3.68. The Bertz CT molecular complexity index is 745. The number of fused-ring (bicyclic) bond motifs is 1. The van der Waals surface area contributed by atoms with Crippen molar-refractivity contribution in [2.75, 3.05) is 0 Å². The molecule has 3 rings (SSSR count). The van der Waals surface area contributed by atoms with Crippen LogP contribution in [0.2, 0.25) is 0 Å². The van der Waals surface area contributed by atoms with Crippen molar-refractivity contribution < 1.29 is 9.52 Å². The summed E-state index contributed by atoms with van der Waals surface area (Å²) in [5, 5.41) is 10.7. The van der Waals surface area contributed by atoms with Gasteiger partial charge in [-0.15, -0.1) is 0 Å². The van der Waals surface area contributed by atoms with Gasteiger partial charge in [0.2, 0.25) is 0 Å². The van der Waals surface area contributed by atoms with Gasteiger partial charge < -0.3 is 5.11 Å². The molecule has 0 aliphatic carbocycles. The maximum Gasteiger partial charge on any atom is 0.360 e. The van der Waals surface area contributed by atoms with Gasteiger partial charge in [-0.05, 0) is 24.3 Å². The SMILES string of the molecule is Oc1ccccc1C=Cc1ccc2ccccc2[o+]1. The fraction of sp³-hybridized carbons (Fsp3) is 0. The van der Waals surface area contributed by atoms with Crippen molar-refractivity contribution in [1.29, 1.82) is 0 Å². The fourth-order valence-electron chi connectivity index (χ4n) is 1.93. The maximum absolute atomic E-state index is 9.68. The Morgan fingerprint density at radius 3 is 2.47 bits per heavy atom. The predicted octanol–water partition coefficient (Wildman–Crippen LogP) is 4.59. The molecule has 92 valence electrons. The standard InChI is InChI=1S/C17H12O2/c18-16-7-3-1-5-13(16)9-11-15-12-10-14-6-2-4-8-17(14)19-15/h1-12H/p+1. The molecule has 0 unspecified atom stereocenters. The molecule has 1 N–H and O–H groups in total. The zero-order chi connectivity index (χ0) is 13.1. The number of benzene rings is 2. The highest BCUT2D eigenvalue weighted by atomic mass is 16.3. The van der Waals surface area contributed by atoms with Crippen LogP contribution in [-0.4, -0.2) is 5.11 Å². The minimum atomic E-state index is 0.263. The molecular formula is C17H13O2+. The van der Waals surface area contributed by atoms with Crippen molar-refractivity contribution in [2.24, 2.45) is 0 Å². The molecule has 2 heteroatoms. The van der Waals surface area contributed by atoms with Crippen molar-refractivity contribution in [3.05, 3.63) is 72.0 Å². The molecule has 19 heavy (non-hydrogen) atoms. The average molecular weight is 249 g/mol. The number of aromatic hydroxyl groups is 1. The van der Waals surface area contributed by atoms with Crippen molar-refractivity contribution in [1.82, 2.24) is 0 Å². The van der Waals surface area contributed by atoms with Crippen LogP contribution in [0.25, 0.3) is 23.1 Å². The summed E-state index contributed by atoms with van der Waals surface area (Å²) in [6.45, 7) is 0. The van der Waals surface area contributed by atoms with E-state index in [-0.39, 0.29) is 5.75 Å². The molecule has 0 aliphatic rings. The van der Waals surface area contributed by atoms with Gasteiger partial charge in [0.15, 0.2) is 0 Å². The van der Waals surface area contributed by atoms with Gasteiger partial charge in [0.1, 0.15) is 5.75 Å². The lowest BCUT2D eigenvalue weighted by Gasteiger charge is -1.95. The highest BCUT2D eigenvalue weighted by molar-refractivity contribution is 5.78. The van der Waals surface area contributed by atoms with Gasteiger partial charge in [0, 0.05) is 23.8 Å². The second-order valence-corrected chi connectivity index (χ2v) is 4.27. The first-order valence-electron chi connectivity index (χ1n) is 6.11. The summed E-state index contributed by atoms with van der Waals surface area (Å²) >= 11 is 0. The van der Waals surface area contributed by atoms with Crippen LogP contribution in [0.1, 0.15) is 11.3 Å². The third-order valence-electron chi connectivity index (χ3n) is 2.94. The number of para-hydroxylation sites is 2. The second kappa shape index (κ2) is 4.94. The van der Waals surface area contributed by atoms with Crippen LogP contribution >= 0.6 is 0 Å². The molecule has 0 bridgehead atoms. The predicted molar refractivity (Wildman–Crippen MR) is 77.7 cm³/mol. The number of phenols is 1. The van der Waals surface area contributed by atoms with Gasteiger partial charge in [-0.25, -0.2) is 4.42 Å². The topological polar surface area (TPSA) is 31.5 Å². The largest absolute Gasteiger partial charge is 0.507 e. The Kier molecular flexibility index (Phi) is 2.99. The Balaban J connectivity index is 1.95. The lowest BCUT2D eigenvalue weighted by atomic mass is 10.1. The molecule has 2 nitrogen and oxygen atoms in total. The molecule has 1 aromatic heterocycles. The zero-order valence-corrected chi connectivity index (χ0v) is 10.3. The molecule has 0 aliphatic heterocycles. The first-order chi connectivity index (χ1) is 9.33. The van der Waals surface area contributed by atoms with E-state index in [9.17, 15) is 5.11 Å². The van der Waals surface area contributed by atoms with E-state index in [0.29, 0.717) is 0 Å². The van der Waals surface area contributed by atoms with Crippen LogP contribution in [0.3, 0.4) is 0 Å². The molecule has 0 fully saturated rings. The number of hydrogen-bond donors (Lipinski definition) is 1. The Hall–Kier alpha value is -2.61. The van der Waals surface area contributed by atoms with E-state index in [1.54, 1.807) is 12.1 Å². The zero-order valence-electron chi connectivity index (χ0n) is 10.3. The molecule has 0 saturated heterocycles. The van der Waals surface area contributed by atoms with Gasteiger partial charge >= 0.3 is 11.3 Å². The minimum Gasteiger partial charge on any atom is -0.507 e. The third-order valence-corrected chi connectivity index (χ3v) is 2.94. The van der Waals surface area contributed by atoms with Crippen molar-refractivity contribution in [3.8, 4) is 5.75 Å². The van der Waals surface area contributed by atoms with Gasteiger partial charge in [0.05, 0.1) is 5.39 Å². The Labute approximate surface area is 111 Å². The summed E-state index contributed by atoms with van der Waals surface area (Å²) < 4.78 is 5.75. The Morgan fingerprint density at radius 2 is 1.58 bits per heavy atom. The molecule has 0 spiro atoms. The molecule has 3 aromatic rings. The van der Waals surface area contributed by atoms with Crippen molar-refractivity contribution in [3.63, 3.8) is 0 Å². The lowest BCUT2D eigenvalue weighted by molar-refractivity contribution is 0.474. The minimum absolute atomic E-state index is 0.263. The van der Waals surface area contributed by atoms with Crippen LogP contribution in [-0.2, 0) is 0 Å². The van der Waals surface area contributed by atoms with E-state index in [4.69, 9.17) is 4.42 Å². The normalized spacial score (nSPS) is 11.2. The lowest BCUT2D eigenvalue weighted by Crippen LogP contribution is -1.76. The molecule has 1 heterocycles. The van der Waals surface area contributed by atoms with E-state index >= 15 is 0 Å². The highest BCUT2D eigenvalue weighted by Gasteiger charge is 2.08. The number of phenolic OH excluding ortho intramolecular Hbond substituents is 1. The van der Waals surface area contributed by atoms with Crippen LogP contribution in [0.15, 0.2) is 65.1 Å². The van der Waals surface area contributed by atoms with Crippen LogP contribution in [0.4, 0.5) is 0 Å². The first-order valence-corrected chi connectivity index (χ1v) is 6.11. The summed E-state index contributed by atoms with van der Waals surface area (Å²) in [6, 6.07) is 19.0. The molecule has 0 radical (unpaired) electrons. The Morgan fingerprint density at radius 1 is 0.789 bits per heavy atom. The van der Waals surface area contributed by atoms with E-state index in [2.05, 4.69) is 0 Å². The summed E-state index contributed by atoms with van der Waals surface area (Å²) in [7, 11) is 0. The number of rotatable bonds is 2. The third kappa shape index (κ3) is 2.47. The van der Waals surface area contributed by atoms with E-state index in [1.165, 1.54) is 0 Å².